The fraction of sp³-hybridized carbons (Fsp3) is 0.708. The van der Waals surface area contributed by atoms with Gasteiger partial charge in [-0.1, -0.05) is 30.3 Å². The molecule has 2 aliphatic rings. The second kappa shape index (κ2) is 12.9. The number of guanidine groups is 1. The number of benzene rings is 1. The van der Waals surface area contributed by atoms with Crippen LogP contribution in [0.15, 0.2) is 35.3 Å². The van der Waals surface area contributed by atoms with E-state index in [1.807, 2.05) is 0 Å². The van der Waals surface area contributed by atoms with Gasteiger partial charge in [-0.05, 0) is 38.2 Å². The highest BCUT2D eigenvalue weighted by Crippen LogP contribution is 2.16. The summed E-state index contributed by atoms with van der Waals surface area (Å²) in [7, 11) is 2.12. The van der Waals surface area contributed by atoms with Gasteiger partial charge in [0.25, 0.3) is 0 Å². The van der Waals surface area contributed by atoms with Crippen LogP contribution in [0.2, 0.25) is 0 Å². The zero-order chi connectivity index (χ0) is 21.0. The molecule has 2 saturated heterocycles. The molecule has 0 amide bonds. The van der Waals surface area contributed by atoms with Crippen LogP contribution in [-0.4, -0.2) is 81.5 Å². The molecule has 30 heavy (non-hydrogen) atoms. The zero-order valence-corrected chi connectivity index (χ0v) is 18.9. The second-order valence-corrected chi connectivity index (χ2v) is 8.53. The smallest absolute Gasteiger partial charge is 0.193 e. The molecule has 1 atom stereocenters. The monoisotopic (exact) mass is 416 g/mol. The summed E-state index contributed by atoms with van der Waals surface area (Å²) in [6, 6.07) is 10.7. The van der Waals surface area contributed by atoms with Gasteiger partial charge in [-0.2, -0.15) is 0 Å². The number of hydrogen-bond donors (Lipinski definition) is 1. The lowest BCUT2D eigenvalue weighted by Crippen LogP contribution is -2.41. The maximum absolute atomic E-state index is 6.14. The zero-order valence-electron chi connectivity index (χ0n) is 18.9. The van der Waals surface area contributed by atoms with E-state index >= 15 is 0 Å². The van der Waals surface area contributed by atoms with E-state index in [4.69, 9.17) is 14.5 Å². The molecular weight excluding hydrogens is 376 g/mol. The van der Waals surface area contributed by atoms with Crippen molar-refractivity contribution in [2.24, 2.45) is 10.9 Å². The van der Waals surface area contributed by atoms with Crippen molar-refractivity contribution >= 4 is 5.96 Å². The number of ether oxygens (including phenoxy) is 2. The number of rotatable bonds is 10. The molecule has 2 fully saturated rings. The number of piperidine rings is 1. The van der Waals surface area contributed by atoms with Gasteiger partial charge in [-0.3, -0.25) is 9.89 Å². The summed E-state index contributed by atoms with van der Waals surface area (Å²) >= 11 is 0. The lowest BCUT2D eigenvalue weighted by molar-refractivity contribution is 0.00564. The molecule has 1 N–H and O–H groups in total. The summed E-state index contributed by atoms with van der Waals surface area (Å²) in [5, 5.41) is 3.41. The van der Waals surface area contributed by atoms with Crippen LogP contribution in [0.1, 0.15) is 38.2 Å². The van der Waals surface area contributed by atoms with E-state index in [2.05, 4.69) is 59.4 Å². The highest BCUT2D eigenvalue weighted by Gasteiger charge is 2.20. The van der Waals surface area contributed by atoms with Gasteiger partial charge in [0.05, 0.1) is 12.7 Å². The molecule has 2 heterocycles. The molecule has 1 aromatic rings. The molecule has 1 aromatic carbocycles. The van der Waals surface area contributed by atoms with Crippen molar-refractivity contribution in [2.45, 2.75) is 45.3 Å². The van der Waals surface area contributed by atoms with Gasteiger partial charge in [0.1, 0.15) is 0 Å². The van der Waals surface area contributed by atoms with E-state index in [9.17, 15) is 0 Å². The van der Waals surface area contributed by atoms with E-state index in [0.29, 0.717) is 12.0 Å². The van der Waals surface area contributed by atoms with Crippen molar-refractivity contribution in [2.75, 3.05) is 59.6 Å². The Bertz CT molecular complexity index is 611. The highest BCUT2D eigenvalue weighted by atomic mass is 16.5. The number of hydrogen-bond acceptors (Lipinski definition) is 4. The Balaban J connectivity index is 1.30. The van der Waals surface area contributed by atoms with Gasteiger partial charge in [-0.15, -0.1) is 0 Å². The van der Waals surface area contributed by atoms with E-state index < -0.39 is 0 Å². The summed E-state index contributed by atoms with van der Waals surface area (Å²) in [5.41, 5.74) is 1.40. The van der Waals surface area contributed by atoms with Crippen molar-refractivity contribution in [3.8, 4) is 0 Å². The fourth-order valence-electron chi connectivity index (χ4n) is 4.25. The lowest BCUT2D eigenvalue weighted by Gasteiger charge is -2.32. The first-order valence-electron chi connectivity index (χ1n) is 11.7. The third kappa shape index (κ3) is 7.89. The van der Waals surface area contributed by atoms with Gasteiger partial charge in [0.15, 0.2) is 5.96 Å². The Morgan fingerprint density at radius 3 is 2.73 bits per heavy atom. The fourth-order valence-corrected chi connectivity index (χ4v) is 4.25. The molecule has 0 aromatic heterocycles. The van der Waals surface area contributed by atoms with E-state index in [1.54, 1.807) is 0 Å². The van der Waals surface area contributed by atoms with Crippen molar-refractivity contribution in [3.63, 3.8) is 0 Å². The Kier molecular flexibility index (Phi) is 9.93. The normalized spacial score (nSPS) is 21.1. The van der Waals surface area contributed by atoms with Crippen molar-refractivity contribution in [3.05, 3.63) is 35.9 Å². The topological polar surface area (TPSA) is 49.3 Å². The summed E-state index contributed by atoms with van der Waals surface area (Å²) in [5.74, 6) is 1.62. The molecule has 0 saturated carbocycles. The van der Waals surface area contributed by atoms with Gasteiger partial charge in [0.2, 0.25) is 0 Å². The molecule has 6 heteroatoms. The summed E-state index contributed by atoms with van der Waals surface area (Å²) in [6.07, 6.45) is 4.79. The minimum atomic E-state index is 0.402. The average molecular weight is 417 g/mol. The van der Waals surface area contributed by atoms with Crippen LogP contribution in [0, 0.1) is 5.92 Å². The maximum atomic E-state index is 6.14. The molecular formula is C24H40N4O2. The molecule has 0 spiro atoms. The molecule has 168 valence electrons. The predicted octanol–water partition coefficient (Wildman–Crippen LogP) is 2.99. The van der Waals surface area contributed by atoms with Crippen LogP contribution < -0.4 is 5.32 Å². The Morgan fingerprint density at radius 2 is 2.03 bits per heavy atom. The quantitative estimate of drug-likeness (QED) is 0.361. The number of nitrogens with one attached hydrogen (secondary N) is 1. The van der Waals surface area contributed by atoms with Crippen LogP contribution in [0.3, 0.4) is 0 Å². The van der Waals surface area contributed by atoms with Crippen LogP contribution >= 0.6 is 0 Å². The minimum absolute atomic E-state index is 0.402. The standard InChI is InChI=1S/C24H40N4O2/c1-3-25-24(27(2)18-22-12-17-29-20-22)26-13-7-16-30-23-10-14-28(15-11-23)19-21-8-5-4-6-9-21/h4-6,8-9,22-23H,3,7,10-20H2,1-2H3,(H,25,26). The Labute approximate surface area is 182 Å². The van der Waals surface area contributed by atoms with Crippen LogP contribution in [0.25, 0.3) is 0 Å². The number of likely N-dealkylation sites (tertiary alicyclic amines) is 1. The summed E-state index contributed by atoms with van der Waals surface area (Å²) < 4.78 is 11.6. The van der Waals surface area contributed by atoms with E-state index in [-0.39, 0.29) is 0 Å². The third-order valence-electron chi connectivity index (χ3n) is 5.95. The molecule has 1 unspecified atom stereocenters. The molecule has 2 aliphatic heterocycles. The van der Waals surface area contributed by atoms with Crippen LogP contribution in [0.5, 0.6) is 0 Å². The summed E-state index contributed by atoms with van der Waals surface area (Å²) in [6.45, 7) is 10.7. The summed E-state index contributed by atoms with van der Waals surface area (Å²) in [4.78, 5) is 9.58. The van der Waals surface area contributed by atoms with E-state index in [0.717, 1.165) is 90.7 Å². The maximum Gasteiger partial charge on any atom is 0.193 e. The van der Waals surface area contributed by atoms with E-state index in [1.165, 1.54) is 5.56 Å². The predicted molar refractivity (Wildman–Crippen MR) is 123 cm³/mol. The van der Waals surface area contributed by atoms with Crippen molar-refractivity contribution in [1.82, 2.24) is 15.1 Å². The third-order valence-corrected chi connectivity index (χ3v) is 5.95. The first kappa shape index (κ1) is 23.0. The first-order chi connectivity index (χ1) is 14.7. The van der Waals surface area contributed by atoms with Gasteiger partial charge < -0.3 is 19.7 Å². The van der Waals surface area contributed by atoms with Crippen molar-refractivity contribution < 1.29 is 9.47 Å². The lowest BCUT2D eigenvalue weighted by atomic mass is 10.1. The Morgan fingerprint density at radius 1 is 1.23 bits per heavy atom. The van der Waals surface area contributed by atoms with Crippen LogP contribution in [0.4, 0.5) is 0 Å². The number of aliphatic imine (C=N–C) groups is 1. The molecule has 0 aliphatic carbocycles. The molecule has 6 nitrogen and oxygen atoms in total. The molecule has 0 radical (unpaired) electrons. The van der Waals surface area contributed by atoms with Gasteiger partial charge >= 0.3 is 0 Å². The SMILES string of the molecule is CCNC(=NCCCOC1CCN(Cc2ccccc2)CC1)N(C)CC1CCOC1. The average Bonchev–Trinajstić information content (AvgIpc) is 3.27. The largest absolute Gasteiger partial charge is 0.381 e. The second-order valence-electron chi connectivity index (χ2n) is 8.53. The number of nitrogens with zero attached hydrogens (tertiary/aromatic N) is 3. The molecule has 3 rings (SSSR count). The van der Waals surface area contributed by atoms with Crippen LogP contribution in [-0.2, 0) is 16.0 Å². The molecule has 0 bridgehead atoms. The van der Waals surface area contributed by atoms with Gasteiger partial charge in [0, 0.05) is 65.4 Å². The highest BCUT2D eigenvalue weighted by molar-refractivity contribution is 5.79. The van der Waals surface area contributed by atoms with Crippen molar-refractivity contribution in [1.29, 1.82) is 0 Å². The minimum Gasteiger partial charge on any atom is -0.381 e. The van der Waals surface area contributed by atoms with Gasteiger partial charge in [-0.25, -0.2) is 0 Å². The Hall–Kier alpha value is -1.63. The first-order valence-corrected chi connectivity index (χ1v) is 11.7.